The van der Waals surface area contributed by atoms with E-state index in [4.69, 9.17) is 0 Å². The van der Waals surface area contributed by atoms with Crippen LogP contribution in [0.25, 0.3) is 0 Å². The molecule has 2 aromatic carbocycles. The first-order valence-electron chi connectivity index (χ1n) is 10.1. The fourth-order valence-corrected chi connectivity index (χ4v) is 3.88. The van der Waals surface area contributed by atoms with E-state index in [1.165, 1.54) is 0 Å². The zero-order valence-corrected chi connectivity index (χ0v) is 17.3. The molecule has 0 heterocycles. The molecule has 0 spiro atoms. The van der Waals surface area contributed by atoms with Gasteiger partial charge in [-0.25, -0.2) is 0 Å². The van der Waals surface area contributed by atoms with Crippen LogP contribution in [0.4, 0.5) is 11.4 Å². The van der Waals surface area contributed by atoms with E-state index < -0.39 is 0 Å². The SMILES string of the molecule is Cc1ccc(C)c(NC(=O)C2CCCC(C(=O)Nc3cc(C)ccc3C)C2)c1. The van der Waals surface area contributed by atoms with Crippen LogP contribution in [-0.2, 0) is 9.59 Å². The largest absolute Gasteiger partial charge is 0.326 e. The highest BCUT2D eigenvalue weighted by atomic mass is 16.2. The van der Waals surface area contributed by atoms with Crippen molar-refractivity contribution in [2.24, 2.45) is 11.8 Å². The van der Waals surface area contributed by atoms with Gasteiger partial charge in [0.25, 0.3) is 0 Å². The summed E-state index contributed by atoms with van der Waals surface area (Å²) in [6.07, 6.45) is 3.18. The van der Waals surface area contributed by atoms with Crippen molar-refractivity contribution in [1.82, 2.24) is 0 Å². The van der Waals surface area contributed by atoms with Crippen molar-refractivity contribution < 1.29 is 9.59 Å². The van der Waals surface area contributed by atoms with Crippen LogP contribution in [0.1, 0.15) is 47.9 Å². The predicted molar refractivity (Wildman–Crippen MR) is 115 cm³/mol. The zero-order chi connectivity index (χ0) is 20.3. The van der Waals surface area contributed by atoms with Crippen molar-refractivity contribution >= 4 is 23.2 Å². The Morgan fingerprint density at radius 2 is 1.18 bits per heavy atom. The molecule has 0 aromatic heterocycles. The Kier molecular flexibility index (Phi) is 6.18. The number of amides is 2. The van der Waals surface area contributed by atoms with Gasteiger partial charge in [0, 0.05) is 23.2 Å². The van der Waals surface area contributed by atoms with Crippen LogP contribution in [0, 0.1) is 39.5 Å². The first kappa shape index (κ1) is 20.1. The third kappa shape index (κ3) is 4.80. The molecule has 2 unspecified atom stereocenters. The third-order valence-electron chi connectivity index (χ3n) is 5.72. The maximum atomic E-state index is 12.8. The average molecular weight is 379 g/mol. The number of aryl methyl sites for hydroxylation is 4. The highest BCUT2D eigenvalue weighted by Gasteiger charge is 2.31. The fourth-order valence-electron chi connectivity index (χ4n) is 3.88. The molecule has 2 aromatic rings. The van der Waals surface area contributed by atoms with Gasteiger partial charge in [0.1, 0.15) is 0 Å². The number of nitrogens with one attached hydrogen (secondary N) is 2. The molecule has 1 fully saturated rings. The quantitative estimate of drug-likeness (QED) is 0.758. The highest BCUT2D eigenvalue weighted by molar-refractivity contribution is 5.96. The Morgan fingerprint density at radius 3 is 1.61 bits per heavy atom. The van der Waals surface area contributed by atoms with Gasteiger partial charge in [0.05, 0.1) is 0 Å². The van der Waals surface area contributed by atoms with Crippen LogP contribution in [0.15, 0.2) is 36.4 Å². The summed E-state index contributed by atoms with van der Waals surface area (Å²) < 4.78 is 0. The summed E-state index contributed by atoms with van der Waals surface area (Å²) in [7, 11) is 0. The van der Waals surface area contributed by atoms with Gasteiger partial charge < -0.3 is 10.6 Å². The number of benzene rings is 2. The number of carbonyl (C=O) groups excluding carboxylic acids is 2. The van der Waals surface area contributed by atoms with Crippen molar-refractivity contribution in [3.05, 3.63) is 58.7 Å². The molecule has 2 amide bonds. The summed E-state index contributed by atoms with van der Waals surface area (Å²) >= 11 is 0. The van der Waals surface area contributed by atoms with Crippen LogP contribution in [0.2, 0.25) is 0 Å². The molecule has 4 nitrogen and oxygen atoms in total. The van der Waals surface area contributed by atoms with Crippen LogP contribution in [-0.4, -0.2) is 11.8 Å². The van der Waals surface area contributed by atoms with Gasteiger partial charge in [0.15, 0.2) is 0 Å². The summed E-state index contributed by atoms with van der Waals surface area (Å²) in [4.78, 5) is 25.6. The number of hydrogen-bond donors (Lipinski definition) is 2. The molecule has 0 bridgehead atoms. The van der Waals surface area contributed by atoms with E-state index in [1.807, 2.05) is 64.1 Å². The standard InChI is InChI=1S/C24H30N2O2/c1-15-8-10-17(3)21(12-15)25-23(27)19-6-5-7-20(14-19)24(28)26-22-13-16(2)9-11-18(22)4/h8-13,19-20H,5-7,14H2,1-4H3,(H,25,27)(H,26,28). The molecule has 4 heteroatoms. The molecule has 3 rings (SSSR count). The molecule has 148 valence electrons. The summed E-state index contributed by atoms with van der Waals surface area (Å²) in [6.45, 7) is 8.03. The lowest BCUT2D eigenvalue weighted by Gasteiger charge is -2.28. The maximum Gasteiger partial charge on any atom is 0.227 e. The summed E-state index contributed by atoms with van der Waals surface area (Å²) in [6, 6.07) is 12.1. The van der Waals surface area contributed by atoms with Gasteiger partial charge in [-0.3, -0.25) is 9.59 Å². The van der Waals surface area contributed by atoms with Gasteiger partial charge in [-0.05, 0) is 81.3 Å². The van der Waals surface area contributed by atoms with Gasteiger partial charge in [-0.2, -0.15) is 0 Å². The molecule has 0 saturated heterocycles. The minimum Gasteiger partial charge on any atom is -0.326 e. The second-order valence-corrected chi connectivity index (χ2v) is 8.18. The van der Waals surface area contributed by atoms with Gasteiger partial charge in [-0.15, -0.1) is 0 Å². The Balaban J connectivity index is 1.64. The Labute approximate surface area is 167 Å². The number of rotatable bonds is 4. The third-order valence-corrected chi connectivity index (χ3v) is 5.72. The molecule has 28 heavy (non-hydrogen) atoms. The monoisotopic (exact) mass is 378 g/mol. The predicted octanol–water partition coefficient (Wildman–Crippen LogP) is 5.30. The van der Waals surface area contributed by atoms with E-state index in [2.05, 4.69) is 10.6 Å². The first-order chi connectivity index (χ1) is 13.3. The van der Waals surface area contributed by atoms with Crippen molar-refractivity contribution in [1.29, 1.82) is 0 Å². The molecule has 0 aliphatic heterocycles. The lowest BCUT2D eigenvalue weighted by molar-refractivity contribution is -0.124. The van der Waals surface area contributed by atoms with E-state index in [0.29, 0.717) is 6.42 Å². The molecule has 1 aliphatic carbocycles. The maximum absolute atomic E-state index is 12.8. The Hall–Kier alpha value is -2.62. The number of carbonyl (C=O) groups is 2. The van der Waals surface area contributed by atoms with E-state index in [9.17, 15) is 9.59 Å². The normalized spacial score (nSPS) is 19.1. The lowest BCUT2D eigenvalue weighted by atomic mass is 9.80. The van der Waals surface area contributed by atoms with E-state index in [0.717, 1.165) is 52.9 Å². The van der Waals surface area contributed by atoms with E-state index in [1.54, 1.807) is 0 Å². The van der Waals surface area contributed by atoms with Crippen LogP contribution in [0.3, 0.4) is 0 Å². The van der Waals surface area contributed by atoms with Gasteiger partial charge in [0.2, 0.25) is 11.8 Å². The fraction of sp³-hybridized carbons (Fsp3) is 0.417. The van der Waals surface area contributed by atoms with E-state index >= 15 is 0 Å². The Morgan fingerprint density at radius 1 is 0.750 bits per heavy atom. The second kappa shape index (κ2) is 8.59. The van der Waals surface area contributed by atoms with Crippen molar-refractivity contribution in [3.63, 3.8) is 0 Å². The number of hydrogen-bond acceptors (Lipinski definition) is 2. The molecular formula is C24H30N2O2. The summed E-state index contributed by atoms with van der Waals surface area (Å²) in [5.41, 5.74) is 6.09. The summed E-state index contributed by atoms with van der Waals surface area (Å²) in [5, 5.41) is 6.15. The topological polar surface area (TPSA) is 58.2 Å². The average Bonchev–Trinajstić information content (AvgIpc) is 2.67. The molecular weight excluding hydrogens is 348 g/mol. The Bertz CT molecular complexity index is 817. The minimum absolute atomic E-state index is 0.0259. The summed E-state index contributed by atoms with van der Waals surface area (Å²) in [5.74, 6) is -0.193. The molecule has 2 atom stereocenters. The minimum atomic E-state index is -0.122. The van der Waals surface area contributed by atoms with E-state index in [-0.39, 0.29) is 23.7 Å². The smallest absolute Gasteiger partial charge is 0.227 e. The van der Waals surface area contributed by atoms with Crippen molar-refractivity contribution in [2.75, 3.05) is 10.6 Å². The second-order valence-electron chi connectivity index (χ2n) is 8.18. The van der Waals surface area contributed by atoms with Gasteiger partial charge in [-0.1, -0.05) is 30.7 Å². The highest BCUT2D eigenvalue weighted by Crippen LogP contribution is 2.32. The van der Waals surface area contributed by atoms with Crippen molar-refractivity contribution in [2.45, 2.75) is 53.4 Å². The number of anilines is 2. The van der Waals surface area contributed by atoms with Crippen LogP contribution in [0.5, 0.6) is 0 Å². The van der Waals surface area contributed by atoms with Crippen molar-refractivity contribution in [3.8, 4) is 0 Å². The molecule has 1 saturated carbocycles. The molecule has 1 aliphatic rings. The lowest BCUT2D eigenvalue weighted by Crippen LogP contribution is -2.33. The van der Waals surface area contributed by atoms with Crippen LogP contribution < -0.4 is 10.6 Å². The molecule has 0 radical (unpaired) electrons. The zero-order valence-electron chi connectivity index (χ0n) is 17.3. The van der Waals surface area contributed by atoms with Gasteiger partial charge >= 0.3 is 0 Å². The van der Waals surface area contributed by atoms with Crippen LogP contribution >= 0.6 is 0 Å². The molecule has 2 N–H and O–H groups in total. The first-order valence-corrected chi connectivity index (χ1v) is 10.1.